The van der Waals surface area contributed by atoms with Gasteiger partial charge in [-0.25, -0.2) is 14.1 Å². The average Bonchev–Trinajstić information content (AvgIpc) is 3.10. The third kappa shape index (κ3) is 5.82. The SMILES string of the molecule is CCNC(=NCc1cccc(F)c1)NCCCc1nn(-c2ccccc2)c(N)c1C#N. The monoisotopic (exact) mass is 419 g/mol. The number of nitrogens with zero attached hydrogens (tertiary/aromatic N) is 4. The highest BCUT2D eigenvalue weighted by Crippen LogP contribution is 2.21. The number of aryl methyl sites for hydroxylation is 1. The summed E-state index contributed by atoms with van der Waals surface area (Å²) in [5.74, 6) is 0.733. The summed E-state index contributed by atoms with van der Waals surface area (Å²) < 4.78 is 14.9. The zero-order chi connectivity index (χ0) is 22.1. The largest absolute Gasteiger partial charge is 0.382 e. The molecular formula is C23H26FN7. The third-order valence-corrected chi connectivity index (χ3v) is 4.64. The Kier molecular flexibility index (Phi) is 7.60. The molecule has 7 nitrogen and oxygen atoms in total. The number of rotatable bonds is 8. The number of halogens is 1. The lowest BCUT2D eigenvalue weighted by molar-refractivity contribution is 0.625. The van der Waals surface area contributed by atoms with Gasteiger partial charge in [0.05, 0.1) is 17.9 Å². The number of nitrogens with two attached hydrogens (primary N) is 1. The molecule has 0 amide bonds. The Morgan fingerprint density at radius 1 is 1.19 bits per heavy atom. The molecule has 0 fully saturated rings. The van der Waals surface area contributed by atoms with Gasteiger partial charge in [-0.3, -0.25) is 0 Å². The maximum absolute atomic E-state index is 13.3. The zero-order valence-corrected chi connectivity index (χ0v) is 17.5. The molecule has 0 bridgehead atoms. The van der Waals surface area contributed by atoms with Crippen LogP contribution in [0.5, 0.6) is 0 Å². The van der Waals surface area contributed by atoms with Gasteiger partial charge in [0.2, 0.25) is 0 Å². The van der Waals surface area contributed by atoms with Crippen LogP contribution in [-0.2, 0) is 13.0 Å². The first-order valence-corrected chi connectivity index (χ1v) is 10.2. The molecule has 0 aliphatic carbocycles. The van der Waals surface area contributed by atoms with E-state index in [-0.39, 0.29) is 5.82 Å². The molecule has 0 radical (unpaired) electrons. The molecule has 31 heavy (non-hydrogen) atoms. The first-order chi connectivity index (χ1) is 15.1. The molecule has 0 unspecified atom stereocenters. The number of hydrogen-bond acceptors (Lipinski definition) is 4. The summed E-state index contributed by atoms with van der Waals surface area (Å²) in [5, 5.41) is 20.5. The molecule has 4 N–H and O–H groups in total. The number of nitrogens with one attached hydrogen (secondary N) is 2. The van der Waals surface area contributed by atoms with Crippen molar-refractivity contribution in [2.45, 2.75) is 26.3 Å². The first-order valence-electron chi connectivity index (χ1n) is 10.2. The fraction of sp³-hybridized carbons (Fsp3) is 0.261. The van der Waals surface area contributed by atoms with Crippen LogP contribution in [0.2, 0.25) is 0 Å². The Balaban J connectivity index is 1.60. The van der Waals surface area contributed by atoms with E-state index < -0.39 is 0 Å². The Hall–Kier alpha value is -3.86. The lowest BCUT2D eigenvalue weighted by atomic mass is 10.1. The lowest BCUT2D eigenvalue weighted by Crippen LogP contribution is -2.37. The molecule has 160 valence electrons. The minimum Gasteiger partial charge on any atom is -0.382 e. The molecule has 0 saturated heterocycles. The second kappa shape index (κ2) is 10.8. The van der Waals surface area contributed by atoms with Crippen LogP contribution >= 0.6 is 0 Å². The number of para-hydroxylation sites is 1. The van der Waals surface area contributed by atoms with E-state index in [4.69, 9.17) is 5.73 Å². The van der Waals surface area contributed by atoms with Crippen LogP contribution in [0.1, 0.15) is 30.2 Å². The summed E-state index contributed by atoms with van der Waals surface area (Å²) in [6.07, 6.45) is 1.34. The number of hydrogen-bond donors (Lipinski definition) is 3. The highest BCUT2D eigenvalue weighted by Gasteiger charge is 2.16. The summed E-state index contributed by atoms with van der Waals surface area (Å²) in [7, 11) is 0. The van der Waals surface area contributed by atoms with E-state index >= 15 is 0 Å². The molecule has 0 aliphatic rings. The number of anilines is 1. The van der Waals surface area contributed by atoms with E-state index in [0.29, 0.717) is 49.1 Å². The minimum absolute atomic E-state index is 0.270. The molecule has 0 aliphatic heterocycles. The molecule has 0 atom stereocenters. The van der Waals surface area contributed by atoms with Crippen LogP contribution in [0.4, 0.5) is 10.2 Å². The topological polar surface area (TPSA) is 104 Å². The fourth-order valence-electron chi connectivity index (χ4n) is 3.15. The van der Waals surface area contributed by atoms with Gasteiger partial charge in [-0.1, -0.05) is 30.3 Å². The van der Waals surface area contributed by atoms with Gasteiger partial charge in [-0.05, 0) is 49.6 Å². The molecule has 2 aromatic carbocycles. The number of aromatic nitrogens is 2. The van der Waals surface area contributed by atoms with Gasteiger partial charge in [-0.15, -0.1) is 0 Å². The van der Waals surface area contributed by atoms with Crippen LogP contribution in [-0.4, -0.2) is 28.8 Å². The molecule has 3 rings (SSSR count). The Labute approximate surface area is 181 Å². The highest BCUT2D eigenvalue weighted by atomic mass is 19.1. The van der Waals surface area contributed by atoms with E-state index in [2.05, 4.69) is 26.8 Å². The van der Waals surface area contributed by atoms with Crippen molar-refractivity contribution in [2.24, 2.45) is 4.99 Å². The molecule has 3 aromatic rings. The van der Waals surface area contributed by atoms with Gasteiger partial charge in [0.25, 0.3) is 0 Å². The third-order valence-electron chi connectivity index (χ3n) is 4.64. The van der Waals surface area contributed by atoms with Gasteiger partial charge in [0, 0.05) is 13.1 Å². The molecule has 0 saturated carbocycles. The van der Waals surface area contributed by atoms with Crippen LogP contribution in [0.25, 0.3) is 5.69 Å². The molecule has 0 spiro atoms. The maximum Gasteiger partial charge on any atom is 0.191 e. The standard InChI is InChI=1S/C23H26FN7/c1-2-27-23(29-16-17-8-6-9-18(24)14-17)28-13-7-12-21-20(15-25)22(26)31(30-21)19-10-4-3-5-11-19/h3-6,8-11,14H,2,7,12-13,16,26H2,1H3,(H2,27,28,29). The van der Waals surface area contributed by atoms with E-state index in [9.17, 15) is 9.65 Å². The van der Waals surface area contributed by atoms with Gasteiger partial charge in [-0.2, -0.15) is 10.4 Å². The van der Waals surface area contributed by atoms with E-state index in [1.54, 1.807) is 10.7 Å². The Bertz CT molecular complexity index is 1070. The van der Waals surface area contributed by atoms with E-state index in [1.807, 2.05) is 43.3 Å². The number of guanidine groups is 1. The number of aliphatic imine (C=N–C) groups is 1. The van der Waals surface area contributed by atoms with Crippen molar-refractivity contribution in [1.29, 1.82) is 5.26 Å². The maximum atomic E-state index is 13.3. The van der Waals surface area contributed by atoms with Crippen molar-refractivity contribution in [2.75, 3.05) is 18.8 Å². The summed E-state index contributed by atoms with van der Waals surface area (Å²) in [4.78, 5) is 4.50. The fourth-order valence-corrected chi connectivity index (χ4v) is 3.15. The van der Waals surface area contributed by atoms with Gasteiger partial charge >= 0.3 is 0 Å². The first kappa shape index (κ1) is 21.8. The van der Waals surface area contributed by atoms with Gasteiger partial charge in [0.1, 0.15) is 23.3 Å². The summed E-state index contributed by atoms with van der Waals surface area (Å²) in [6.45, 7) is 3.71. The molecular weight excluding hydrogens is 393 g/mol. The zero-order valence-electron chi connectivity index (χ0n) is 17.5. The summed E-state index contributed by atoms with van der Waals surface area (Å²) in [5.41, 5.74) is 8.86. The minimum atomic E-state index is -0.270. The van der Waals surface area contributed by atoms with Crippen LogP contribution in [0.3, 0.4) is 0 Å². The Morgan fingerprint density at radius 2 is 2.00 bits per heavy atom. The number of benzene rings is 2. The van der Waals surface area contributed by atoms with Crippen molar-refractivity contribution in [1.82, 2.24) is 20.4 Å². The van der Waals surface area contributed by atoms with E-state index in [0.717, 1.165) is 17.7 Å². The van der Waals surface area contributed by atoms with Crippen LogP contribution in [0.15, 0.2) is 59.6 Å². The Morgan fingerprint density at radius 3 is 2.71 bits per heavy atom. The summed E-state index contributed by atoms with van der Waals surface area (Å²) in [6, 6.07) is 18.1. The van der Waals surface area contributed by atoms with Crippen molar-refractivity contribution >= 4 is 11.8 Å². The number of nitriles is 1. The quantitative estimate of drug-likeness (QED) is 0.296. The van der Waals surface area contributed by atoms with E-state index in [1.165, 1.54) is 12.1 Å². The normalized spacial score (nSPS) is 11.2. The molecule has 1 aromatic heterocycles. The lowest BCUT2D eigenvalue weighted by Gasteiger charge is -2.11. The predicted molar refractivity (Wildman–Crippen MR) is 120 cm³/mol. The van der Waals surface area contributed by atoms with Crippen molar-refractivity contribution in [3.8, 4) is 11.8 Å². The van der Waals surface area contributed by atoms with Crippen LogP contribution < -0.4 is 16.4 Å². The van der Waals surface area contributed by atoms with Gasteiger partial charge in [0.15, 0.2) is 5.96 Å². The van der Waals surface area contributed by atoms with Crippen molar-refractivity contribution in [3.05, 3.63) is 77.2 Å². The molecule has 8 heteroatoms. The predicted octanol–water partition coefficient (Wildman–Crippen LogP) is 3.15. The average molecular weight is 420 g/mol. The van der Waals surface area contributed by atoms with Gasteiger partial charge < -0.3 is 16.4 Å². The van der Waals surface area contributed by atoms with Crippen molar-refractivity contribution in [3.63, 3.8) is 0 Å². The smallest absolute Gasteiger partial charge is 0.191 e. The number of nitrogen functional groups attached to an aromatic ring is 1. The van der Waals surface area contributed by atoms with Crippen molar-refractivity contribution < 1.29 is 4.39 Å². The molecule has 1 heterocycles. The second-order valence-corrected chi connectivity index (χ2v) is 6.92. The summed E-state index contributed by atoms with van der Waals surface area (Å²) >= 11 is 0. The van der Waals surface area contributed by atoms with Crippen LogP contribution in [0, 0.1) is 17.1 Å². The second-order valence-electron chi connectivity index (χ2n) is 6.92. The highest BCUT2D eigenvalue weighted by molar-refractivity contribution is 5.79.